The number of para-hydroxylation sites is 1. The van der Waals surface area contributed by atoms with Crippen LogP contribution in [0.5, 0.6) is 0 Å². The number of hydrogen-bond acceptors (Lipinski definition) is 5. The number of rotatable bonds is 6. The Morgan fingerprint density at radius 2 is 2.10 bits per heavy atom. The summed E-state index contributed by atoms with van der Waals surface area (Å²) >= 11 is 0. The number of nitrogens with one attached hydrogen (secondary N) is 1. The monoisotopic (exact) mass is 294 g/mol. The Labute approximate surface area is 118 Å². The lowest BCUT2D eigenvalue weighted by Crippen LogP contribution is -2.38. The van der Waals surface area contributed by atoms with Crippen molar-refractivity contribution in [2.45, 2.75) is 19.4 Å². The Balaban J connectivity index is 1.94. The molecule has 1 amide bonds. The minimum absolute atomic E-state index is 0.181. The number of carbonyl (C=O) groups is 1. The van der Waals surface area contributed by atoms with Gasteiger partial charge in [0.25, 0.3) is 5.91 Å². The van der Waals surface area contributed by atoms with Crippen LogP contribution in [0.4, 0.5) is 5.69 Å². The summed E-state index contributed by atoms with van der Waals surface area (Å²) < 4.78 is 4.90. The Hall–Kier alpha value is -1.54. The molecule has 0 fully saturated rings. The molecule has 20 heavy (non-hydrogen) atoms. The summed E-state index contributed by atoms with van der Waals surface area (Å²) in [5.41, 5.74) is 1.96. The first kappa shape index (κ1) is 14.9. The predicted octanol–water partition coefficient (Wildman–Crippen LogP) is 0.778. The van der Waals surface area contributed by atoms with Gasteiger partial charge in [0, 0.05) is 24.8 Å². The van der Waals surface area contributed by atoms with Gasteiger partial charge in [-0.2, -0.15) is 0 Å². The van der Waals surface area contributed by atoms with E-state index in [9.17, 15) is 14.4 Å². The van der Waals surface area contributed by atoms with Crippen LogP contribution in [-0.4, -0.2) is 43.2 Å². The molecule has 1 aliphatic rings. The first-order valence-electron chi connectivity index (χ1n) is 6.57. The predicted molar refractivity (Wildman–Crippen MR) is 77.7 cm³/mol. The Bertz CT molecular complexity index is 531. The second kappa shape index (κ2) is 6.27. The van der Waals surface area contributed by atoms with Gasteiger partial charge in [-0.15, -0.1) is 0 Å². The maximum Gasteiger partial charge on any atom is 0.495 e. The van der Waals surface area contributed by atoms with Gasteiger partial charge < -0.3 is 19.3 Å². The number of nitrogens with zero attached hydrogens (tertiary/aromatic N) is 1. The average Bonchev–Trinajstić information content (AvgIpc) is 2.70. The van der Waals surface area contributed by atoms with Crippen LogP contribution in [0.1, 0.15) is 18.9 Å². The number of carbonyl (C=O) groups excluding carboxylic acids is 1. The third-order valence-electron chi connectivity index (χ3n) is 2.95. The van der Waals surface area contributed by atoms with E-state index in [1.54, 1.807) is 6.92 Å². The van der Waals surface area contributed by atoms with Gasteiger partial charge in [0.1, 0.15) is 5.71 Å². The fourth-order valence-electron chi connectivity index (χ4n) is 2.06. The number of fused-ring (bicyclic) bond motifs is 1. The van der Waals surface area contributed by atoms with E-state index in [1.165, 1.54) is 0 Å². The summed E-state index contributed by atoms with van der Waals surface area (Å²) in [6.45, 7) is 2.36. The van der Waals surface area contributed by atoms with Crippen molar-refractivity contribution >= 4 is 26.1 Å². The quantitative estimate of drug-likeness (QED) is 0.534. The molecule has 1 aromatic rings. The molecule has 1 aromatic carbocycles. The molecule has 0 saturated carbocycles. The topological polar surface area (TPSA) is 91.2 Å². The second-order valence-corrected chi connectivity index (χ2v) is 6.78. The van der Waals surface area contributed by atoms with Gasteiger partial charge in [-0.05, 0) is 19.4 Å². The van der Waals surface area contributed by atoms with Crippen molar-refractivity contribution in [1.29, 1.82) is 0 Å². The zero-order chi connectivity index (χ0) is 14.6. The normalized spacial score (nSPS) is 16.4. The van der Waals surface area contributed by atoms with Crippen molar-refractivity contribution in [1.82, 2.24) is 0 Å². The van der Waals surface area contributed by atoms with Gasteiger partial charge in [-0.1, -0.05) is 18.2 Å². The van der Waals surface area contributed by atoms with Gasteiger partial charge in [0.15, 0.2) is 0 Å². The molecule has 1 heterocycles. The summed E-state index contributed by atoms with van der Waals surface area (Å²) in [7, 11) is -3.54. The summed E-state index contributed by atoms with van der Waals surface area (Å²) in [5, 5.41) is 2.74. The van der Waals surface area contributed by atoms with Crippen molar-refractivity contribution in [3.63, 3.8) is 0 Å². The summed E-state index contributed by atoms with van der Waals surface area (Å²) in [6.07, 6.45) is 0.470. The van der Waals surface area contributed by atoms with E-state index in [-0.39, 0.29) is 18.6 Å². The van der Waals surface area contributed by atoms with Crippen LogP contribution in [0.2, 0.25) is 6.04 Å². The molecule has 0 aromatic heterocycles. The fraction of sp³-hybridized carbons (Fsp3) is 0.385. The lowest BCUT2D eigenvalue weighted by molar-refractivity contribution is -0.110. The van der Waals surface area contributed by atoms with E-state index in [0.717, 1.165) is 11.3 Å². The molecule has 0 aliphatic carbocycles. The van der Waals surface area contributed by atoms with Gasteiger partial charge in [0.05, 0.1) is 5.69 Å². The van der Waals surface area contributed by atoms with Gasteiger partial charge in [-0.3, -0.25) is 9.79 Å². The van der Waals surface area contributed by atoms with E-state index in [2.05, 4.69) is 10.3 Å². The Kier molecular flexibility index (Phi) is 4.66. The van der Waals surface area contributed by atoms with Crippen molar-refractivity contribution in [2.24, 2.45) is 4.99 Å². The smallest absolute Gasteiger partial charge is 0.390 e. The SMILES string of the molecule is CCO[Si](O)(O)CCCN=C1C(=O)Nc2ccccc21. The number of hydrogen-bond donors (Lipinski definition) is 3. The van der Waals surface area contributed by atoms with Crippen LogP contribution in [0.15, 0.2) is 29.3 Å². The van der Waals surface area contributed by atoms with Crippen LogP contribution in [-0.2, 0) is 9.22 Å². The molecule has 0 unspecified atom stereocenters. The van der Waals surface area contributed by atoms with Crippen molar-refractivity contribution in [3.8, 4) is 0 Å². The van der Waals surface area contributed by atoms with Crippen LogP contribution < -0.4 is 5.32 Å². The highest BCUT2D eigenvalue weighted by atomic mass is 28.4. The van der Waals surface area contributed by atoms with E-state index < -0.39 is 8.80 Å². The molecule has 0 saturated heterocycles. The second-order valence-electron chi connectivity index (χ2n) is 4.51. The molecule has 3 N–H and O–H groups in total. The maximum atomic E-state index is 11.8. The maximum absolute atomic E-state index is 11.8. The van der Waals surface area contributed by atoms with E-state index in [0.29, 0.717) is 18.7 Å². The third kappa shape index (κ3) is 3.51. The zero-order valence-electron chi connectivity index (χ0n) is 11.3. The van der Waals surface area contributed by atoms with Crippen LogP contribution in [0.25, 0.3) is 0 Å². The summed E-state index contributed by atoms with van der Waals surface area (Å²) in [4.78, 5) is 35.1. The number of aliphatic imine (C=N–C) groups is 1. The molecule has 0 radical (unpaired) electrons. The van der Waals surface area contributed by atoms with Crippen LogP contribution >= 0.6 is 0 Å². The van der Waals surface area contributed by atoms with Crippen molar-refractivity contribution < 1.29 is 18.8 Å². The van der Waals surface area contributed by atoms with Gasteiger partial charge in [-0.25, -0.2) is 0 Å². The molecule has 108 valence electrons. The Morgan fingerprint density at radius 3 is 2.85 bits per heavy atom. The highest BCUT2D eigenvalue weighted by Gasteiger charge is 2.31. The largest absolute Gasteiger partial charge is 0.495 e. The molecule has 7 heteroatoms. The lowest BCUT2D eigenvalue weighted by atomic mass is 10.1. The van der Waals surface area contributed by atoms with Gasteiger partial charge >= 0.3 is 8.80 Å². The molecule has 1 aliphatic heterocycles. The van der Waals surface area contributed by atoms with Crippen LogP contribution in [0, 0.1) is 0 Å². The zero-order valence-corrected chi connectivity index (χ0v) is 12.3. The standard InChI is InChI=1S/C13H18N2O4Si/c1-2-19-20(17,18)9-5-8-14-12-10-6-3-4-7-11(10)15-13(12)16/h3-4,6-7,17-18H,2,5,8-9H2,1H3,(H,14,15,16). The van der Waals surface area contributed by atoms with E-state index in [1.807, 2.05) is 24.3 Å². The highest BCUT2D eigenvalue weighted by Crippen LogP contribution is 2.22. The van der Waals surface area contributed by atoms with Crippen molar-refractivity contribution in [3.05, 3.63) is 29.8 Å². The molecular weight excluding hydrogens is 276 g/mol. The first-order chi connectivity index (χ1) is 9.53. The van der Waals surface area contributed by atoms with E-state index in [4.69, 9.17) is 4.43 Å². The highest BCUT2D eigenvalue weighted by molar-refractivity contribution is 6.57. The number of benzene rings is 1. The Morgan fingerprint density at radius 1 is 1.35 bits per heavy atom. The van der Waals surface area contributed by atoms with Crippen LogP contribution in [0.3, 0.4) is 0 Å². The molecular formula is C13H18N2O4Si. The number of anilines is 1. The molecule has 6 nitrogen and oxygen atoms in total. The van der Waals surface area contributed by atoms with Crippen molar-refractivity contribution in [2.75, 3.05) is 18.5 Å². The lowest BCUT2D eigenvalue weighted by Gasteiger charge is -2.15. The summed E-state index contributed by atoms with van der Waals surface area (Å²) in [5.74, 6) is -0.215. The number of amides is 1. The molecule has 0 atom stereocenters. The third-order valence-corrected chi connectivity index (χ3v) is 4.71. The molecule has 0 bridgehead atoms. The minimum Gasteiger partial charge on any atom is -0.390 e. The molecule has 0 spiro atoms. The van der Waals surface area contributed by atoms with Gasteiger partial charge in [0.2, 0.25) is 0 Å². The molecule has 2 rings (SSSR count). The van der Waals surface area contributed by atoms with E-state index >= 15 is 0 Å². The average molecular weight is 294 g/mol. The fourth-order valence-corrected chi connectivity index (χ4v) is 3.29. The summed E-state index contributed by atoms with van der Waals surface area (Å²) in [6, 6.07) is 7.54. The first-order valence-corrected chi connectivity index (χ1v) is 8.58. The minimum atomic E-state index is -3.54.